The lowest BCUT2D eigenvalue weighted by atomic mass is 10.3. The van der Waals surface area contributed by atoms with Gasteiger partial charge < -0.3 is 9.47 Å². The van der Waals surface area contributed by atoms with Gasteiger partial charge in [-0.05, 0) is 28.1 Å². The third-order valence-corrected chi connectivity index (χ3v) is 1.86. The third-order valence-electron chi connectivity index (χ3n) is 1.24. The molecule has 0 bridgehead atoms. The average Bonchev–Trinajstić information content (AvgIpc) is 2.04. The second-order valence-corrected chi connectivity index (χ2v) is 2.96. The van der Waals surface area contributed by atoms with Crippen LogP contribution in [0.1, 0.15) is 0 Å². The van der Waals surface area contributed by atoms with Gasteiger partial charge in [0.2, 0.25) is 0 Å². The van der Waals surface area contributed by atoms with Crippen molar-refractivity contribution in [3.8, 4) is 5.75 Å². The Morgan fingerprint density at radius 1 is 1.50 bits per heavy atom. The van der Waals surface area contributed by atoms with Crippen molar-refractivity contribution in [1.82, 2.24) is 0 Å². The van der Waals surface area contributed by atoms with Crippen LogP contribution in [0.25, 0.3) is 0 Å². The van der Waals surface area contributed by atoms with Crippen LogP contribution >= 0.6 is 15.9 Å². The van der Waals surface area contributed by atoms with Crippen molar-refractivity contribution in [2.45, 2.75) is 0 Å². The van der Waals surface area contributed by atoms with Gasteiger partial charge in [-0.2, -0.15) is 0 Å². The summed E-state index contributed by atoms with van der Waals surface area (Å²) in [5.74, 6) is -0.222. The number of hydrogen-bond donors (Lipinski definition) is 0. The second kappa shape index (κ2) is 4.42. The van der Waals surface area contributed by atoms with E-state index in [2.05, 4.69) is 20.7 Å². The van der Waals surface area contributed by atoms with Crippen molar-refractivity contribution in [2.24, 2.45) is 0 Å². The first-order valence-corrected chi connectivity index (χ1v) is 4.10. The molecule has 2 nitrogen and oxygen atoms in total. The molecule has 1 aromatic carbocycles. The predicted molar refractivity (Wildman–Crippen MR) is 46.6 cm³/mol. The van der Waals surface area contributed by atoms with E-state index in [1.807, 2.05) is 0 Å². The molecule has 0 aliphatic heterocycles. The summed E-state index contributed by atoms with van der Waals surface area (Å²) < 4.78 is 23.2. The Bertz CT molecular complexity index is 245. The van der Waals surface area contributed by atoms with Crippen LogP contribution in [0.2, 0.25) is 0 Å². The molecule has 0 fully saturated rings. The van der Waals surface area contributed by atoms with Crippen LogP contribution in [-0.2, 0) is 4.74 Å². The average molecular weight is 235 g/mol. The lowest BCUT2D eigenvalue weighted by Crippen LogP contribution is -2.01. The summed E-state index contributed by atoms with van der Waals surface area (Å²) in [5, 5.41) is 0. The summed E-state index contributed by atoms with van der Waals surface area (Å²) in [5.41, 5.74) is 0. The topological polar surface area (TPSA) is 18.5 Å². The maximum absolute atomic E-state index is 13.0. The normalized spacial score (nSPS) is 9.92. The largest absolute Gasteiger partial charge is 0.463 e. The van der Waals surface area contributed by atoms with E-state index in [1.165, 1.54) is 13.2 Å². The monoisotopic (exact) mass is 234 g/mol. The standard InChI is InChI=1S/C8H8BrFO2/c1-11-5-12-8-6(9)3-2-4-7(8)10/h2-4H,5H2,1H3. The zero-order chi connectivity index (χ0) is 8.97. The summed E-state index contributed by atoms with van der Waals surface area (Å²) >= 11 is 3.16. The SMILES string of the molecule is COCOc1c(F)cccc1Br. The summed E-state index contributed by atoms with van der Waals surface area (Å²) in [4.78, 5) is 0. The lowest BCUT2D eigenvalue weighted by molar-refractivity contribution is 0.0477. The van der Waals surface area contributed by atoms with Crippen LogP contribution in [-0.4, -0.2) is 13.9 Å². The maximum Gasteiger partial charge on any atom is 0.188 e. The maximum atomic E-state index is 13.0. The Morgan fingerprint density at radius 2 is 2.25 bits per heavy atom. The Balaban J connectivity index is 2.81. The van der Waals surface area contributed by atoms with Crippen molar-refractivity contribution >= 4 is 15.9 Å². The fourth-order valence-electron chi connectivity index (χ4n) is 0.738. The van der Waals surface area contributed by atoms with E-state index < -0.39 is 5.82 Å². The van der Waals surface area contributed by atoms with Gasteiger partial charge in [0.05, 0.1) is 4.47 Å². The number of hydrogen-bond acceptors (Lipinski definition) is 2. The molecule has 1 rings (SSSR count). The number of benzene rings is 1. The van der Waals surface area contributed by atoms with Gasteiger partial charge in [-0.25, -0.2) is 4.39 Å². The van der Waals surface area contributed by atoms with E-state index >= 15 is 0 Å². The minimum absolute atomic E-state index is 0.0412. The molecule has 0 heterocycles. The summed E-state index contributed by atoms with van der Waals surface area (Å²) in [6.45, 7) is 0.0412. The van der Waals surface area contributed by atoms with Gasteiger partial charge in [0.25, 0.3) is 0 Å². The molecule has 0 aliphatic carbocycles. The van der Waals surface area contributed by atoms with E-state index in [-0.39, 0.29) is 12.5 Å². The molecule has 1 aromatic rings. The van der Waals surface area contributed by atoms with Crippen molar-refractivity contribution in [2.75, 3.05) is 13.9 Å². The first kappa shape index (κ1) is 9.48. The fourth-order valence-corrected chi connectivity index (χ4v) is 1.19. The predicted octanol–water partition coefficient (Wildman–Crippen LogP) is 2.57. The van der Waals surface area contributed by atoms with Gasteiger partial charge in [0, 0.05) is 7.11 Å². The highest BCUT2D eigenvalue weighted by Gasteiger charge is 2.06. The molecule has 12 heavy (non-hydrogen) atoms. The Kier molecular flexibility index (Phi) is 3.49. The van der Waals surface area contributed by atoms with E-state index in [0.717, 1.165) is 0 Å². The van der Waals surface area contributed by atoms with Gasteiger partial charge >= 0.3 is 0 Å². The van der Waals surface area contributed by atoms with Gasteiger partial charge in [0.1, 0.15) is 0 Å². The van der Waals surface area contributed by atoms with Crippen LogP contribution in [0.4, 0.5) is 4.39 Å². The zero-order valence-electron chi connectivity index (χ0n) is 6.51. The van der Waals surface area contributed by atoms with Crippen LogP contribution in [0, 0.1) is 5.82 Å². The van der Waals surface area contributed by atoms with Crippen LogP contribution in [0.3, 0.4) is 0 Å². The number of methoxy groups -OCH3 is 1. The molecule has 66 valence electrons. The lowest BCUT2D eigenvalue weighted by Gasteiger charge is -2.06. The zero-order valence-corrected chi connectivity index (χ0v) is 8.10. The molecule has 0 saturated carbocycles. The first-order chi connectivity index (χ1) is 5.75. The number of rotatable bonds is 3. The molecule has 0 saturated heterocycles. The Hall–Kier alpha value is -0.610. The molecule has 0 aliphatic rings. The summed E-state index contributed by atoms with van der Waals surface area (Å²) in [6.07, 6.45) is 0. The molecular weight excluding hydrogens is 227 g/mol. The van der Waals surface area contributed by atoms with Gasteiger partial charge in [-0.1, -0.05) is 6.07 Å². The van der Waals surface area contributed by atoms with Gasteiger partial charge in [0.15, 0.2) is 18.4 Å². The van der Waals surface area contributed by atoms with Crippen LogP contribution in [0.15, 0.2) is 22.7 Å². The molecule has 0 unspecified atom stereocenters. The highest BCUT2D eigenvalue weighted by atomic mass is 79.9. The Morgan fingerprint density at radius 3 is 2.83 bits per heavy atom. The minimum Gasteiger partial charge on any atom is -0.463 e. The van der Waals surface area contributed by atoms with E-state index in [1.54, 1.807) is 12.1 Å². The van der Waals surface area contributed by atoms with Crippen molar-refractivity contribution in [1.29, 1.82) is 0 Å². The number of ether oxygens (including phenoxy) is 2. The highest BCUT2D eigenvalue weighted by molar-refractivity contribution is 9.10. The quantitative estimate of drug-likeness (QED) is 0.749. The molecule has 0 N–H and O–H groups in total. The smallest absolute Gasteiger partial charge is 0.188 e. The second-order valence-electron chi connectivity index (χ2n) is 2.10. The Labute approximate surface area is 78.4 Å². The van der Waals surface area contributed by atoms with Crippen molar-refractivity contribution in [3.05, 3.63) is 28.5 Å². The highest BCUT2D eigenvalue weighted by Crippen LogP contribution is 2.27. The molecule has 0 amide bonds. The number of para-hydroxylation sites is 1. The fraction of sp³-hybridized carbons (Fsp3) is 0.250. The molecular formula is C8H8BrFO2. The molecule has 0 atom stereocenters. The van der Waals surface area contributed by atoms with Crippen molar-refractivity contribution < 1.29 is 13.9 Å². The van der Waals surface area contributed by atoms with Crippen LogP contribution in [0.5, 0.6) is 5.75 Å². The molecule has 4 heteroatoms. The molecule has 0 spiro atoms. The van der Waals surface area contributed by atoms with Crippen molar-refractivity contribution in [3.63, 3.8) is 0 Å². The van der Waals surface area contributed by atoms with Gasteiger partial charge in [-0.15, -0.1) is 0 Å². The number of halogens is 2. The van der Waals surface area contributed by atoms with E-state index in [0.29, 0.717) is 4.47 Å². The van der Waals surface area contributed by atoms with Gasteiger partial charge in [-0.3, -0.25) is 0 Å². The summed E-state index contributed by atoms with van der Waals surface area (Å²) in [6, 6.07) is 4.63. The van der Waals surface area contributed by atoms with Crippen LogP contribution < -0.4 is 4.74 Å². The molecule has 0 radical (unpaired) electrons. The third kappa shape index (κ3) is 2.19. The summed E-state index contributed by atoms with van der Waals surface area (Å²) in [7, 11) is 1.48. The minimum atomic E-state index is -0.401. The van der Waals surface area contributed by atoms with E-state index in [4.69, 9.17) is 4.74 Å². The molecule has 0 aromatic heterocycles. The van der Waals surface area contributed by atoms with E-state index in [9.17, 15) is 4.39 Å². The first-order valence-electron chi connectivity index (χ1n) is 3.31.